The lowest BCUT2D eigenvalue weighted by Crippen LogP contribution is -2.30. The van der Waals surface area contributed by atoms with Gasteiger partial charge in [-0.15, -0.1) is 0 Å². The standard InChI is InChI=1S/C12H18O2S/c1-5-14-12(3,4)15(13)11-8-6-10(2)7-9-11/h6-9H,5H2,1-4H3. The van der Waals surface area contributed by atoms with Crippen molar-refractivity contribution in [2.45, 2.75) is 37.5 Å². The van der Waals surface area contributed by atoms with E-state index in [1.54, 1.807) is 0 Å². The maximum absolute atomic E-state index is 12.2. The molecule has 0 aromatic heterocycles. The zero-order chi connectivity index (χ0) is 11.5. The fourth-order valence-electron chi connectivity index (χ4n) is 1.35. The predicted molar refractivity (Wildman–Crippen MR) is 63.3 cm³/mol. The quantitative estimate of drug-likeness (QED) is 0.789. The molecule has 1 rings (SSSR count). The van der Waals surface area contributed by atoms with Gasteiger partial charge in [0.05, 0.1) is 10.8 Å². The van der Waals surface area contributed by atoms with E-state index in [9.17, 15) is 4.21 Å². The Morgan fingerprint density at radius 2 is 1.80 bits per heavy atom. The lowest BCUT2D eigenvalue weighted by molar-refractivity contribution is 0.0582. The van der Waals surface area contributed by atoms with Crippen molar-refractivity contribution >= 4 is 10.8 Å². The second-order valence-electron chi connectivity index (χ2n) is 3.91. The molecule has 1 atom stereocenters. The molecule has 1 unspecified atom stereocenters. The molecule has 0 radical (unpaired) electrons. The molecule has 15 heavy (non-hydrogen) atoms. The summed E-state index contributed by atoms with van der Waals surface area (Å²) >= 11 is 0. The van der Waals surface area contributed by atoms with Gasteiger partial charge in [-0.2, -0.15) is 0 Å². The molecule has 0 bridgehead atoms. The van der Waals surface area contributed by atoms with Gasteiger partial charge in [-0.25, -0.2) is 0 Å². The number of benzene rings is 1. The SMILES string of the molecule is CCOC(C)(C)S(=O)c1ccc(C)cc1. The Labute approximate surface area is 94.1 Å². The number of rotatable bonds is 4. The van der Waals surface area contributed by atoms with Crippen molar-refractivity contribution in [1.29, 1.82) is 0 Å². The van der Waals surface area contributed by atoms with Crippen molar-refractivity contribution in [2.75, 3.05) is 6.61 Å². The predicted octanol–water partition coefficient (Wildman–Crippen LogP) is 2.88. The van der Waals surface area contributed by atoms with Gasteiger partial charge in [0.2, 0.25) is 0 Å². The van der Waals surface area contributed by atoms with E-state index in [0.717, 1.165) is 4.90 Å². The largest absolute Gasteiger partial charge is 0.362 e. The minimum Gasteiger partial charge on any atom is -0.362 e. The first kappa shape index (κ1) is 12.4. The third kappa shape index (κ3) is 3.14. The molecule has 0 heterocycles. The van der Waals surface area contributed by atoms with Crippen LogP contribution in [0.15, 0.2) is 29.2 Å². The number of hydrogen-bond acceptors (Lipinski definition) is 2. The van der Waals surface area contributed by atoms with E-state index in [0.29, 0.717) is 6.61 Å². The molecular weight excluding hydrogens is 208 g/mol. The molecule has 1 aromatic carbocycles. The van der Waals surface area contributed by atoms with Crippen molar-refractivity contribution in [3.05, 3.63) is 29.8 Å². The van der Waals surface area contributed by atoms with Gasteiger partial charge < -0.3 is 4.74 Å². The summed E-state index contributed by atoms with van der Waals surface area (Å²) in [5, 5.41) is 0. The van der Waals surface area contributed by atoms with Gasteiger partial charge >= 0.3 is 0 Å². The Kier molecular flexibility index (Phi) is 4.05. The lowest BCUT2D eigenvalue weighted by atomic mass is 10.2. The highest BCUT2D eigenvalue weighted by Crippen LogP contribution is 2.22. The van der Waals surface area contributed by atoms with Crippen LogP contribution in [0.25, 0.3) is 0 Å². The molecule has 1 aromatic rings. The van der Waals surface area contributed by atoms with Crippen molar-refractivity contribution in [3.8, 4) is 0 Å². The molecule has 0 saturated heterocycles. The topological polar surface area (TPSA) is 26.3 Å². The zero-order valence-electron chi connectivity index (χ0n) is 9.74. The highest BCUT2D eigenvalue weighted by Gasteiger charge is 2.27. The Balaban J connectivity index is 2.89. The van der Waals surface area contributed by atoms with E-state index in [-0.39, 0.29) is 0 Å². The average Bonchev–Trinajstić information content (AvgIpc) is 2.18. The fraction of sp³-hybridized carbons (Fsp3) is 0.500. The van der Waals surface area contributed by atoms with Crippen LogP contribution in [-0.4, -0.2) is 15.7 Å². The van der Waals surface area contributed by atoms with Crippen molar-refractivity contribution in [2.24, 2.45) is 0 Å². The molecule has 0 N–H and O–H groups in total. The van der Waals surface area contributed by atoms with E-state index < -0.39 is 15.7 Å². The maximum atomic E-state index is 12.2. The van der Waals surface area contributed by atoms with E-state index in [1.807, 2.05) is 52.0 Å². The Hall–Kier alpha value is -0.670. The molecule has 0 aliphatic heterocycles. The van der Waals surface area contributed by atoms with Crippen LogP contribution in [0.5, 0.6) is 0 Å². The molecule has 2 nitrogen and oxygen atoms in total. The summed E-state index contributed by atoms with van der Waals surface area (Å²) in [7, 11) is -1.12. The monoisotopic (exact) mass is 226 g/mol. The van der Waals surface area contributed by atoms with Crippen LogP contribution in [0.2, 0.25) is 0 Å². The highest BCUT2D eigenvalue weighted by molar-refractivity contribution is 7.86. The van der Waals surface area contributed by atoms with Gasteiger partial charge in [0.1, 0.15) is 4.93 Å². The first-order chi connectivity index (χ1) is 6.97. The zero-order valence-corrected chi connectivity index (χ0v) is 10.6. The van der Waals surface area contributed by atoms with Crippen molar-refractivity contribution in [1.82, 2.24) is 0 Å². The van der Waals surface area contributed by atoms with Gasteiger partial charge in [0.25, 0.3) is 0 Å². The smallest absolute Gasteiger partial charge is 0.141 e. The van der Waals surface area contributed by atoms with Gasteiger partial charge in [-0.3, -0.25) is 4.21 Å². The third-order valence-corrected chi connectivity index (χ3v) is 3.88. The minimum atomic E-state index is -1.12. The maximum Gasteiger partial charge on any atom is 0.141 e. The molecule has 84 valence electrons. The lowest BCUT2D eigenvalue weighted by Gasteiger charge is -2.23. The summed E-state index contributed by atoms with van der Waals surface area (Å²) in [6, 6.07) is 7.73. The molecule has 0 aliphatic rings. The highest BCUT2D eigenvalue weighted by atomic mass is 32.2. The molecule has 0 amide bonds. The van der Waals surface area contributed by atoms with E-state index in [1.165, 1.54) is 5.56 Å². The van der Waals surface area contributed by atoms with Crippen LogP contribution in [0.3, 0.4) is 0 Å². The summed E-state index contributed by atoms with van der Waals surface area (Å²) in [5.74, 6) is 0. The van der Waals surface area contributed by atoms with Crippen molar-refractivity contribution in [3.63, 3.8) is 0 Å². The van der Waals surface area contributed by atoms with E-state index in [2.05, 4.69) is 0 Å². The Morgan fingerprint density at radius 1 is 1.27 bits per heavy atom. The van der Waals surface area contributed by atoms with Gasteiger partial charge in [-0.1, -0.05) is 17.7 Å². The minimum absolute atomic E-state index is 0.574. The summed E-state index contributed by atoms with van der Waals surface area (Å²) in [5.41, 5.74) is 1.17. The molecule has 3 heteroatoms. The second-order valence-corrected chi connectivity index (χ2v) is 5.91. The summed E-state index contributed by atoms with van der Waals surface area (Å²) in [4.78, 5) is 0.198. The number of ether oxygens (including phenoxy) is 1. The van der Waals surface area contributed by atoms with Crippen LogP contribution < -0.4 is 0 Å². The van der Waals surface area contributed by atoms with Gasteiger partial charge in [-0.05, 0) is 39.8 Å². The Morgan fingerprint density at radius 3 is 2.27 bits per heavy atom. The van der Waals surface area contributed by atoms with Crippen LogP contribution >= 0.6 is 0 Å². The second kappa shape index (κ2) is 4.90. The van der Waals surface area contributed by atoms with Crippen LogP contribution in [-0.2, 0) is 15.5 Å². The van der Waals surface area contributed by atoms with E-state index in [4.69, 9.17) is 4.74 Å². The summed E-state index contributed by atoms with van der Waals surface area (Å²) < 4.78 is 17.6. The Bertz CT molecular complexity index is 341. The van der Waals surface area contributed by atoms with Crippen LogP contribution in [0.4, 0.5) is 0 Å². The molecular formula is C12H18O2S. The number of hydrogen-bond donors (Lipinski definition) is 0. The normalized spacial score (nSPS) is 13.9. The van der Waals surface area contributed by atoms with Crippen LogP contribution in [0, 0.1) is 6.92 Å². The summed E-state index contributed by atoms with van der Waals surface area (Å²) in [6.07, 6.45) is 0. The van der Waals surface area contributed by atoms with Gasteiger partial charge in [0, 0.05) is 11.5 Å². The number of aryl methyl sites for hydroxylation is 1. The molecule has 0 fully saturated rings. The third-order valence-electron chi connectivity index (χ3n) is 2.17. The van der Waals surface area contributed by atoms with Crippen molar-refractivity contribution < 1.29 is 8.95 Å². The van der Waals surface area contributed by atoms with Crippen LogP contribution in [0.1, 0.15) is 26.3 Å². The first-order valence-electron chi connectivity index (χ1n) is 5.10. The molecule has 0 spiro atoms. The molecule has 0 saturated carbocycles. The molecule has 0 aliphatic carbocycles. The fourth-order valence-corrected chi connectivity index (χ4v) is 2.52. The van der Waals surface area contributed by atoms with E-state index >= 15 is 0 Å². The summed E-state index contributed by atoms with van der Waals surface area (Å²) in [6.45, 7) is 8.21. The first-order valence-corrected chi connectivity index (χ1v) is 6.25. The van der Waals surface area contributed by atoms with Gasteiger partial charge in [0.15, 0.2) is 0 Å². The average molecular weight is 226 g/mol.